The zero-order valence-electron chi connectivity index (χ0n) is 24.8. The molecule has 1 aliphatic heterocycles. The molecule has 43 heavy (non-hydrogen) atoms. The quantitative estimate of drug-likeness (QED) is 0.121. The predicted molar refractivity (Wildman–Crippen MR) is 171 cm³/mol. The smallest absolute Gasteiger partial charge is 0.338 e. The molecule has 12 heteroatoms. The summed E-state index contributed by atoms with van der Waals surface area (Å²) in [4.78, 5) is 37.3. The third kappa shape index (κ3) is 7.19. The number of nitrogens with zero attached hydrogens (tertiary/aromatic N) is 2. The van der Waals surface area contributed by atoms with Crippen molar-refractivity contribution in [2.45, 2.75) is 40.7 Å². The zero-order chi connectivity index (χ0) is 31.3. The van der Waals surface area contributed by atoms with Crippen molar-refractivity contribution in [3.8, 4) is 17.2 Å². The van der Waals surface area contributed by atoms with Gasteiger partial charge in [0.2, 0.25) is 0 Å². The molecule has 1 aromatic heterocycles. The number of hydrogen-bond acceptors (Lipinski definition) is 7. The molecule has 3 aromatic rings. The van der Waals surface area contributed by atoms with Crippen LogP contribution in [0.5, 0.6) is 11.5 Å². The summed E-state index contributed by atoms with van der Waals surface area (Å²) in [6, 6.07) is 12.0. The first kappa shape index (κ1) is 31.6. The molecular weight excluding hydrogens is 665 g/mol. The van der Waals surface area contributed by atoms with E-state index in [9.17, 15) is 14.4 Å². The number of carbonyl (C=O) groups excluding carboxylic acids is 3. The van der Waals surface area contributed by atoms with Gasteiger partial charge in [-0.25, -0.2) is 15.0 Å². The molecule has 0 saturated heterocycles. The van der Waals surface area contributed by atoms with Crippen LogP contribution in [0.15, 0.2) is 58.8 Å². The molecule has 3 N–H and O–H groups in total. The fourth-order valence-electron chi connectivity index (χ4n) is 4.79. The number of hydrogen-bond donors (Lipinski definition) is 3. The van der Waals surface area contributed by atoms with Crippen LogP contribution in [0.3, 0.4) is 0 Å². The number of urea groups is 1. The van der Waals surface area contributed by atoms with Crippen molar-refractivity contribution in [2.24, 2.45) is 5.10 Å². The first-order valence-electron chi connectivity index (χ1n) is 13.6. The summed E-state index contributed by atoms with van der Waals surface area (Å²) >= 11 is 2.33. The number of aryl methyl sites for hydroxylation is 2. The summed E-state index contributed by atoms with van der Waals surface area (Å²) < 4.78 is 19.7. The summed E-state index contributed by atoms with van der Waals surface area (Å²) in [6.45, 7) is 9.33. The van der Waals surface area contributed by atoms with E-state index in [1.165, 1.54) is 16.2 Å². The lowest BCUT2D eigenvalue weighted by Crippen LogP contribution is -2.45. The van der Waals surface area contributed by atoms with Gasteiger partial charge in [-0.15, -0.1) is 0 Å². The molecular formula is C31H34IN5O6. The van der Waals surface area contributed by atoms with Gasteiger partial charge in [-0.2, -0.15) is 5.10 Å². The summed E-state index contributed by atoms with van der Waals surface area (Å²) in [5.74, 6) is -0.375. The molecule has 0 spiro atoms. The van der Waals surface area contributed by atoms with Crippen molar-refractivity contribution < 1.29 is 28.6 Å². The number of ether oxygens (including phenoxy) is 3. The second-order valence-corrected chi connectivity index (χ2v) is 11.0. The van der Waals surface area contributed by atoms with Gasteiger partial charge in [0.15, 0.2) is 18.1 Å². The number of benzene rings is 2. The van der Waals surface area contributed by atoms with Crippen LogP contribution in [0.1, 0.15) is 48.0 Å². The first-order valence-corrected chi connectivity index (χ1v) is 14.6. The summed E-state index contributed by atoms with van der Waals surface area (Å²) in [5, 5.41) is 9.47. The minimum Gasteiger partial charge on any atom is -0.493 e. The highest BCUT2D eigenvalue weighted by Crippen LogP contribution is 2.34. The van der Waals surface area contributed by atoms with E-state index < -0.39 is 23.9 Å². The van der Waals surface area contributed by atoms with E-state index in [4.69, 9.17) is 14.2 Å². The highest BCUT2D eigenvalue weighted by molar-refractivity contribution is 14.1. The molecule has 3 amide bonds. The van der Waals surface area contributed by atoms with E-state index in [1.54, 1.807) is 38.3 Å². The molecule has 1 aliphatic rings. The molecule has 0 aliphatic carbocycles. The van der Waals surface area contributed by atoms with Crippen LogP contribution in [0.2, 0.25) is 0 Å². The van der Waals surface area contributed by atoms with Gasteiger partial charge in [-0.3, -0.25) is 4.79 Å². The largest absolute Gasteiger partial charge is 0.493 e. The number of amides is 3. The van der Waals surface area contributed by atoms with E-state index >= 15 is 0 Å². The number of hydrazone groups is 1. The normalized spacial score (nSPS) is 14.8. The zero-order valence-corrected chi connectivity index (χ0v) is 27.0. The number of halogens is 1. The Morgan fingerprint density at radius 1 is 1.09 bits per heavy atom. The highest BCUT2D eigenvalue weighted by atomic mass is 127. The van der Waals surface area contributed by atoms with Gasteiger partial charge in [0.05, 0.1) is 31.5 Å². The Labute approximate surface area is 263 Å². The average Bonchev–Trinajstić information content (AvgIpc) is 3.25. The second-order valence-electron chi connectivity index (χ2n) is 9.88. The molecule has 226 valence electrons. The van der Waals surface area contributed by atoms with Crippen molar-refractivity contribution in [3.05, 3.63) is 85.4 Å². The lowest BCUT2D eigenvalue weighted by atomic mass is 9.95. The molecule has 0 fully saturated rings. The minimum atomic E-state index is -0.759. The fourth-order valence-corrected chi connectivity index (χ4v) is 5.29. The molecule has 11 nitrogen and oxygen atoms in total. The maximum Gasteiger partial charge on any atom is 0.338 e. The van der Waals surface area contributed by atoms with Crippen LogP contribution in [0, 0.1) is 24.3 Å². The van der Waals surface area contributed by atoms with Crippen molar-refractivity contribution in [1.29, 1.82) is 0 Å². The maximum atomic E-state index is 12.6. The lowest BCUT2D eigenvalue weighted by molar-refractivity contribution is -0.139. The Balaban J connectivity index is 1.42. The molecule has 0 saturated carbocycles. The number of rotatable bonds is 10. The lowest BCUT2D eigenvalue weighted by Gasteiger charge is -2.28. The monoisotopic (exact) mass is 699 g/mol. The second kappa shape index (κ2) is 13.8. The van der Waals surface area contributed by atoms with Gasteiger partial charge in [0, 0.05) is 31.9 Å². The Kier molecular flexibility index (Phi) is 10.1. The maximum absolute atomic E-state index is 12.6. The van der Waals surface area contributed by atoms with E-state index in [-0.39, 0.29) is 18.8 Å². The third-order valence-corrected chi connectivity index (χ3v) is 8.08. The van der Waals surface area contributed by atoms with Gasteiger partial charge >= 0.3 is 12.0 Å². The predicted octanol–water partition coefficient (Wildman–Crippen LogP) is 4.74. The van der Waals surface area contributed by atoms with E-state index in [1.807, 2.05) is 19.9 Å². The van der Waals surface area contributed by atoms with Gasteiger partial charge in [0.1, 0.15) is 0 Å². The standard InChI is InChI=1S/C31H34IN5O6/c1-7-42-30(39)28-19(4)34-31(40)35-29(28)21-9-11-25(26(13-21)41-6)43-16-27(38)36-33-15-22-12-18(3)37(20(22)5)23-10-8-17(2)24(32)14-23/h8-15,29H,7,16H2,1-6H3,(H,36,38)(H2,34,35,40)/b33-15+/t29-/m1/s1. The van der Waals surface area contributed by atoms with Crippen LogP contribution >= 0.6 is 22.6 Å². The van der Waals surface area contributed by atoms with E-state index in [2.05, 4.69) is 73.4 Å². The molecule has 2 heterocycles. The third-order valence-electron chi connectivity index (χ3n) is 6.92. The summed E-state index contributed by atoms with van der Waals surface area (Å²) in [7, 11) is 1.46. The summed E-state index contributed by atoms with van der Waals surface area (Å²) in [5.41, 5.74) is 8.96. The molecule has 0 bridgehead atoms. The molecule has 2 aromatic carbocycles. The van der Waals surface area contributed by atoms with E-state index in [0.717, 1.165) is 22.6 Å². The number of nitrogens with one attached hydrogen (secondary N) is 3. The van der Waals surface area contributed by atoms with Crippen LogP contribution in [0.4, 0.5) is 4.79 Å². The molecule has 4 rings (SSSR count). The molecule has 1 atom stereocenters. The SMILES string of the molecule is CCOC(=O)C1=C(C)NC(=O)N[C@@H]1c1ccc(OCC(=O)N/N=C/c2cc(C)n(-c3ccc(C)c(I)c3)c2C)c(OC)c1. The Bertz CT molecular complexity index is 1630. The van der Waals surface area contributed by atoms with Crippen molar-refractivity contribution >= 4 is 46.7 Å². The Morgan fingerprint density at radius 2 is 1.86 bits per heavy atom. The minimum absolute atomic E-state index is 0.192. The fraction of sp³-hybridized carbons (Fsp3) is 0.290. The number of carbonyl (C=O) groups is 3. The van der Waals surface area contributed by atoms with Crippen molar-refractivity contribution in [1.82, 2.24) is 20.6 Å². The molecule has 0 unspecified atom stereocenters. The van der Waals surface area contributed by atoms with Crippen LogP contribution < -0.4 is 25.5 Å². The Morgan fingerprint density at radius 3 is 2.56 bits per heavy atom. The highest BCUT2D eigenvalue weighted by Gasteiger charge is 2.32. The van der Waals surface area contributed by atoms with Crippen molar-refractivity contribution in [3.63, 3.8) is 0 Å². The van der Waals surface area contributed by atoms with Crippen molar-refractivity contribution in [2.75, 3.05) is 20.3 Å². The number of esters is 1. The van der Waals surface area contributed by atoms with Gasteiger partial charge in [-0.05, 0) is 98.7 Å². The van der Waals surface area contributed by atoms with Crippen LogP contribution in [-0.4, -0.2) is 49.0 Å². The van der Waals surface area contributed by atoms with Crippen LogP contribution in [-0.2, 0) is 14.3 Å². The number of allylic oxidation sites excluding steroid dienone is 1. The first-order chi connectivity index (χ1) is 20.5. The van der Waals surface area contributed by atoms with Gasteiger partial charge in [0.25, 0.3) is 5.91 Å². The average molecular weight is 700 g/mol. The van der Waals surface area contributed by atoms with E-state index in [0.29, 0.717) is 22.8 Å². The van der Waals surface area contributed by atoms with Crippen LogP contribution in [0.25, 0.3) is 5.69 Å². The van der Waals surface area contributed by atoms with Gasteiger partial charge < -0.3 is 29.4 Å². The topological polar surface area (TPSA) is 132 Å². The number of aromatic nitrogens is 1. The molecule has 0 radical (unpaired) electrons. The van der Waals surface area contributed by atoms with Gasteiger partial charge in [-0.1, -0.05) is 12.1 Å². The Hall–Kier alpha value is -4.33. The number of methoxy groups -OCH3 is 1. The summed E-state index contributed by atoms with van der Waals surface area (Å²) in [6.07, 6.45) is 1.61.